The van der Waals surface area contributed by atoms with Gasteiger partial charge in [0.2, 0.25) is 0 Å². The molecule has 76 valence electrons. The number of aryl methyl sites for hydroxylation is 1. The van der Waals surface area contributed by atoms with Gasteiger partial charge >= 0.3 is 0 Å². The molecular formula is C12H17NO. The Bertz CT molecular complexity index is 320. The van der Waals surface area contributed by atoms with Crippen molar-refractivity contribution in [3.05, 3.63) is 35.4 Å². The number of nitrogens with two attached hydrogens (primary N) is 1. The molecule has 1 unspecified atom stereocenters. The predicted octanol–water partition coefficient (Wildman–Crippen LogP) is 2.16. The van der Waals surface area contributed by atoms with E-state index in [9.17, 15) is 4.79 Å². The highest BCUT2D eigenvalue weighted by atomic mass is 16.1. The van der Waals surface area contributed by atoms with E-state index in [1.165, 1.54) is 0 Å². The molecule has 0 spiro atoms. The van der Waals surface area contributed by atoms with Crippen LogP contribution in [0.15, 0.2) is 24.3 Å². The average Bonchev–Trinajstić information content (AvgIpc) is 2.18. The Morgan fingerprint density at radius 2 is 2.07 bits per heavy atom. The molecule has 14 heavy (non-hydrogen) atoms. The van der Waals surface area contributed by atoms with Crippen molar-refractivity contribution in [3.8, 4) is 0 Å². The molecule has 0 aliphatic carbocycles. The first-order valence-corrected chi connectivity index (χ1v) is 4.96. The van der Waals surface area contributed by atoms with E-state index in [1.54, 1.807) is 0 Å². The highest BCUT2D eigenvalue weighted by molar-refractivity contribution is 5.98. The summed E-state index contributed by atoms with van der Waals surface area (Å²) in [6, 6.07) is 7.68. The molecule has 0 aromatic heterocycles. The van der Waals surface area contributed by atoms with Crippen molar-refractivity contribution >= 4 is 5.78 Å². The minimum atomic E-state index is 0.0288. The van der Waals surface area contributed by atoms with Crippen molar-refractivity contribution in [2.45, 2.75) is 20.3 Å². The minimum Gasteiger partial charge on any atom is -0.330 e. The molecule has 1 aromatic rings. The number of Topliss-reactive ketones (excluding diaryl/α,β-unsaturated/α-hetero) is 1. The third-order valence-electron chi connectivity index (χ3n) is 2.46. The molecule has 2 N–H and O–H groups in total. The van der Waals surface area contributed by atoms with Gasteiger partial charge in [0.25, 0.3) is 0 Å². The van der Waals surface area contributed by atoms with E-state index in [1.807, 2.05) is 38.1 Å². The van der Waals surface area contributed by atoms with Gasteiger partial charge in [-0.15, -0.1) is 0 Å². The highest BCUT2D eigenvalue weighted by Gasteiger charge is 2.15. The Hall–Kier alpha value is -1.15. The van der Waals surface area contributed by atoms with E-state index in [0.717, 1.165) is 17.5 Å². The van der Waals surface area contributed by atoms with Crippen LogP contribution in [0.1, 0.15) is 29.3 Å². The zero-order chi connectivity index (χ0) is 10.6. The lowest BCUT2D eigenvalue weighted by molar-refractivity contribution is 0.0925. The van der Waals surface area contributed by atoms with Crippen LogP contribution in [0.4, 0.5) is 0 Å². The Morgan fingerprint density at radius 3 is 2.64 bits per heavy atom. The molecule has 0 radical (unpaired) electrons. The zero-order valence-corrected chi connectivity index (χ0v) is 8.79. The summed E-state index contributed by atoms with van der Waals surface area (Å²) >= 11 is 0. The predicted molar refractivity (Wildman–Crippen MR) is 58.3 cm³/mol. The molecular weight excluding hydrogens is 174 g/mol. The number of ketones is 1. The largest absolute Gasteiger partial charge is 0.330 e. The molecule has 0 bridgehead atoms. The number of rotatable bonds is 4. The van der Waals surface area contributed by atoms with Crippen molar-refractivity contribution in [2.75, 3.05) is 6.54 Å². The van der Waals surface area contributed by atoms with Crippen LogP contribution in [0.2, 0.25) is 0 Å². The first-order valence-electron chi connectivity index (χ1n) is 4.96. The molecule has 0 saturated carbocycles. The van der Waals surface area contributed by atoms with Crippen molar-refractivity contribution in [3.63, 3.8) is 0 Å². The molecule has 1 atom stereocenters. The molecule has 2 nitrogen and oxygen atoms in total. The molecule has 0 heterocycles. The second-order valence-corrected chi connectivity index (χ2v) is 3.66. The molecule has 1 rings (SSSR count). The van der Waals surface area contributed by atoms with Gasteiger partial charge in [-0.2, -0.15) is 0 Å². The second-order valence-electron chi connectivity index (χ2n) is 3.66. The van der Waals surface area contributed by atoms with Crippen molar-refractivity contribution in [2.24, 2.45) is 11.7 Å². The normalized spacial score (nSPS) is 12.5. The summed E-state index contributed by atoms with van der Waals surface area (Å²) in [5.74, 6) is 0.231. The minimum absolute atomic E-state index is 0.0288. The zero-order valence-electron chi connectivity index (χ0n) is 8.79. The Morgan fingerprint density at radius 1 is 1.43 bits per heavy atom. The lowest BCUT2D eigenvalue weighted by Crippen LogP contribution is -2.16. The molecule has 0 aliphatic heterocycles. The van der Waals surface area contributed by atoms with Gasteiger partial charge in [-0.1, -0.05) is 31.2 Å². The maximum absolute atomic E-state index is 11.9. The number of carbonyl (C=O) groups is 1. The van der Waals surface area contributed by atoms with E-state index in [-0.39, 0.29) is 11.7 Å². The van der Waals surface area contributed by atoms with Crippen LogP contribution in [-0.4, -0.2) is 12.3 Å². The fraction of sp³-hybridized carbons (Fsp3) is 0.417. The van der Waals surface area contributed by atoms with Crippen LogP contribution in [0.5, 0.6) is 0 Å². The lowest BCUT2D eigenvalue weighted by Gasteiger charge is -2.10. The fourth-order valence-electron chi connectivity index (χ4n) is 1.50. The maximum Gasteiger partial charge on any atom is 0.165 e. The fourth-order valence-corrected chi connectivity index (χ4v) is 1.50. The quantitative estimate of drug-likeness (QED) is 0.741. The Balaban J connectivity index is 2.84. The van der Waals surface area contributed by atoms with Gasteiger partial charge in [-0.25, -0.2) is 0 Å². The molecule has 0 aliphatic rings. The SMILES string of the molecule is Cc1ccccc1C(=O)C(C)CCN. The summed E-state index contributed by atoms with van der Waals surface area (Å²) in [5, 5.41) is 0. The van der Waals surface area contributed by atoms with Crippen LogP contribution < -0.4 is 5.73 Å². The highest BCUT2D eigenvalue weighted by Crippen LogP contribution is 2.14. The summed E-state index contributed by atoms with van der Waals surface area (Å²) in [5.41, 5.74) is 7.30. The van der Waals surface area contributed by atoms with E-state index >= 15 is 0 Å². The van der Waals surface area contributed by atoms with E-state index < -0.39 is 0 Å². The van der Waals surface area contributed by atoms with E-state index in [4.69, 9.17) is 5.73 Å². The number of carbonyl (C=O) groups excluding carboxylic acids is 1. The summed E-state index contributed by atoms with van der Waals surface area (Å²) in [4.78, 5) is 11.9. The first-order chi connectivity index (χ1) is 6.66. The van der Waals surface area contributed by atoms with E-state index in [0.29, 0.717) is 6.54 Å². The average molecular weight is 191 g/mol. The number of hydrogen-bond acceptors (Lipinski definition) is 2. The first kappa shape index (κ1) is 10.9. The lowest BCUT2D eigenvalue weighted by atomic mass is 9.94. The van der Waals surface area contributed by atoms with Gasteiger partial charge in [0.15, 0.2) is 5.78 Å². The number of benzene rings is 1. The van der Waals surface area contributed by atoms with Crippen molar-refractivity contribution < 1.29 is 4.79 Å². The summed E-state index contributed by atoms with van der Waals surface area (Å²) in [7, 11) is 0. The number of hydrogen-bond donors (Lipinski definition) is 1. The molecule has 2 heteroatoms. The molecule has 0 fully saturated rings. The maximum atomic E-state index is 11.9. The van der Waals surface area contributed by atoms with Gasteiger partial charge in [0.05, 0.1) is 0 Å². The van der Waals surface area contributed by atoms with Gasteiger partial charge in [-0.05, 0) is 25.5 Å². The standard InChI is InChI=1S/C12H17NO/c1-9-5-3-4-6-11(9)12(14)10(2)7-8-13/h3-6,10H,7-8,13H2,1-2H3. The topological polar surface area (TPSA) is 43.1 Å². The van der Waals surface area contributed by atoms with Crippen molar-refractivity contribution in [1.82, 2.24) is 0 Å². The smallest absolute Gasteiger partial charge is 0.165 e. The van der Waals surface area contributed by atoms with Crippen LogP contribution >= 0.6 is 0 Å². The van der Waals surface area contributed by atoms with Gasteiger partial charge in [0.1, 0.15) is 0 Å². The van der Waals surface area contributed by atoms with Crippen LogP contribution in [-0.2, 0) is 0 Å². The molecule has 0 saturated heterocycles. The van der Waals surface area contributed by atoms with Crippen LogP contribution in [0.25, 0.3) is 0 Å². The Labute approximate surface area is 85.1 Å². The third kappa shape index (κ3) is 2.42. The Kier molecular flexibility index (Phi) is 3.84. The third-order valence-corrected chi connectivity index (χ3v) is 2.46. The van der Waals surface area contributed by atoms with Gasteiger partial charge in [-0.3, -0.25) is 4.79 Å². The van der Waals surface area contributed by atoms with Crippen molar-refractivity contribution in [1.29, 1.82) is 0 Å². The molecule has 1 aromatic carbocycles. The van der Waals surface area contributed by atoms with Crippen LogP contribution in [0.3, 0.4) is 0 Å². The molecule has 0 amide bonds. The van der Waals surface area contributed by atoms with Gasteiger partial charge < -0.3 is 5.73 Å². The summed E-state index contributed by atoms with van der Waals surface area (Å²) in [6.45, 7) is 4.46. The summed E-state index contributed by atoms with van der Waals surface area (Å²) in [6.07, 6.45) is 0.757. The second kappa shape index (κ2) is 4.91. The monoisotopic (exact) mass is 191 g/mol. The van der Waals surface area contributed by atoms with Gasteiger partial charge in [0, 0.05) is 11.5 Å². The summed E-state index contributed by atoms with van der Waals surface area (Å²) < 4.78 is 0. The van der Waals surface area contributed by atoms with Crippen LogP contribution in [0, 0.1) is 12.8 Å². The van der Waals surface area contributed by atoms with E-state index in [2.05, 4.69) is 0 Å².